The quantitative estimate of drug-likeness (QED) is 0.849. The van der Waals surface area contributed by atoms with Gasteiger partial charge in [0.05, 0.1) is 5.41 Å². The van der Waals surface area contributed by atoms with Gasteiger partial charge in [-0.25, -0.2) is 0 Å². The van der Waals surface area contributed by atoms with Crippen molar-refractivity contribution in [2.24, 2.45) is 0 Å². The molecule has 19 heavy (non-hydrogen) atoms. The Hall–Kier alpha value is -2.10. The van der Waals surface area contributed by atoms with Crippen molar-refractivity contribution in [3.63, 3.8) is 0 Å². The maximum absolute atomic E-state index is 11.2. The number of carboxylic acids is 1. The van der Waals surface area contributed by atoms with Crippen LogP contribution in [0.1, 0.15) is 30.9 Å². The first-order valence-electron chi connectivity index (χ1n) is 6.29. The van der Waals surface area contributed by atoms with Gasteiger partial charge < -0.3 is 10.4 Å². The fourth-order valence-corrected chi connectivity index (χ4v) is 2.06. The standard InChI is InChI=1S/C15H17NO3/c1-11(17)16-10-2-3-12-4-6-13(7-5-12)15(8-9-15)14(18)19/h2-7H,8-10H2,1H3,(H,16,17)(H,18,19). The van der Waals surface area contributed by atoms with Crippen molar-refractivity contribution in [2.75, 3.05) is 6.54 Å². The highest BCUT2D eigenvalue weighted by atomic mass is 16.4. The zero-order chi connectivity index (χ0) is 13.9. The van der Waals surface area contributed by atoms with Gasteiger partial charge in [0, 0.05) is 13.5 Å². The largest absolute Gasteiger partial charge is 0.481 e. The lowest BCUT2D eigenvalue weighted by molar-refractivity contribution is -0.140. The number of carboxylic acid groups (broad SMARTS) is 1. The van der Waals surface area contributed by atoms with Gasteiger partial charge in [0.15, 0.2) is 0 Å². The number of benzene rings is 1. The summed E-state index contributed by atoms with van der Waals surface area (Å²) < 4.78 is 0. The highest BCUT2D eigenvalue weighted by Crippen LogP contribution is 2.48. The number of hydrogen-bond acceptors (Lipinski definition) is 2. The topological polar surface area (TPSA) is 66.4 Å². The summed E-state index contributed by atoms with van der Waals surface area (Å²) in [7, 11) is 0. The lowest BCUT2D eigenvalue weighted by Gasteiger charge is -2.09. The maximum Gasteiger partial charge on any atom is 0.314 e. The molecule has 1 fully saturated rings. The Balaban J connectivity index is 1.99. The van der Waals surface area contributed by atoms with Crippen molar-refractivity contribution in [2.45, 2.75) is 25.2 Å². The van der Waals surface area contributed by atoms with Gasteiger partial charge in [-0.05, 0) is 24.0 Å². The molecule has 1 aliphatic carbocycles. The van der Waals surface area contributed by atoms with E-state index in [0.29, 0.717) is 6.54 Å². The van der Waals surface area contributed by atoms with Gasteiger partial charge in [-0.3, -0.25) is 9.59 Å². The van der Waals surface area contributed by atoms with E-state index in [0.717, 1.165) is 24.0 Å². The van der Waals surface area contributed by atoms with Crippen LogP contribution in [-0.2, 0) is 15.0 Å². The van der Waals surface area contributed by atoms with E-state index in [1.54, 1.807) is 0 Å². The van der Waals surface area contributed by atoms with Crippen LogP contribution in [0.4, 0.5) is 0 Å². The van der Waals surface area contributed by atoms with Crippen LogP contribution in [0.25, 0.3) is 6.08 Å². The van der Waals surface area contributed by atoms with Crippen molar-refractivity contribution in [3.05, 3.63) is 41.5 Å². The van der Waals surface area contributed by atoms with Crippen molar-refractivity contribution >= 4 is 18.0 Å². The number of amides is 1. The third kappa shape index (κ3) is 3.02. The molecule has 1 aliphatic rings. The first-order valence-corrected chi connectivity index (χ1v) is 6.29. The SMILES string of the molecule is CC(=O)NCC=Cc1ccc(C2(C(=O)O)CC2)cc1. The molecule has 0 spiro atoms. The van der Waals surface area contributed by atoms with E-state index in [-0.39, 0.29) is 5.91 Å². The summed E-state index contributed by atoms with van der Waals surface area (Å²) in [5, 5.41) is 11.9. The van der Waals surface area contributed by atoms with E-state index < -0.39 is 11.4 Å². The molecular weight excluding hydrogens is 242 g/mol. The monoisotopic (exact) mass is 259 g/mol. The average Bonchev–Trinajstić information content (AvgIpc) is 3.16. The molecule has 2 rings (SSSR count). The zero-order valence-corrected chi connectivity index (χ0v) is 10.8. The lowest BCUT2D eigenvalue weighted by atomic mass is 9.95. The predicted molar refractivity (Wildman–Crippen MR) is 72.7 cm³/mol. The van der Waals surface area contributed by atoms with Gasteiger partial charge in [-0.1, -0.05) is 36.4 Å². The highest BCUT2D eigenvalue weighted by molar-refractivity contribution is 5.85. The summed E-state index contributed by atoms with van der Waals surface area (Å²) in [4.78, 5) is 21.9. The predicted octanol–water partition coefficient (Wildman–Crippen LogP) is 1.95. The number of carbonyl (C=O) groups excluding carboxylic acids is 1. The first-order chi connectivity index (χ1) is 9.04. The molecule has 0 unspecified atom stereocenters. The summed E-state index contributed by atoms with van der Waals surface area (Å²) >= 11 is 0. The zero-order valence-electron chi connectivity index (χ0n) is 10.8. The Morgan fingerprint density at radius 1 is 1.32 bits per heavy atom. The van der Waals surface area contributed by atoms with Crippen LogP contribution in [0, 0.1) is 0 Å². The molecule has 4 nitrogen and oxygen atoms in total. The fraction of sp³-hybridized carbons (Fsp3) is 0.333. The summed E-state index contributed by atoms with van der Waals surface area (Å²) in [5.41, 5.74) is 1.23. The van der Waals surface area contributed by atoms with Gasteiger partial charge in [-0.15, -0.1) is 0 Å². The van der Waals surface area contributed by atoms with Crippen molar-refractivity contribution in [1.82, 2.24) is 5.32 Å². The van der Waals surface area contributed by atoms with E-state index >= 15 is 0 Å². The number of aliphatic carboxylic acids is 1. The van der Waals surface area contributed by atoms with E-state index in [2.05, 4.69) is 5.32 Å². The summed E-state index contributed by atoms with van der Waals surface area (Å²) in [6.07, 6.45) is 5.21. The summed E-state index contributed by atoms with van der Waals surface area (Å²) in [6, 6.07) is 7.56. The summed E-state index contributed by atoms with van der Waals surface area (Å²) in [5.74, 6) is -0.793. The van der Waals surface area contributed by atoms with Gasteiger partial charge in [-0.2, -0.15) is 0 Å². The van der Waals surface area contributed by atoms with E-state index in [9.17, 15) is 14.7 Å². The number of rotatable bonds is 5. The Labute approximate surface area is 112 Å². The molecule has 0 heterocycles. The minimum absolute atomic E-state index is 0.0582. The van der Waals surface area contributed by atoms with Crippen LogP contribution in [0.3, 0.4) is 0 Å². The smallest absolute Gasteiger partial charge is 0.314 e. The molecule has 0 aliphatic heterocycles. The first kappa shape index (κ1) is 13.3. The molecule has 1 aromatic carbocycles. The molecule has 0 radical (unpaired) electrons. The van der Waals surface area contributed by atoms with Crippen LogP contribution in [-0.4, -0.2) is 23.5 Å². The molecule has 0 aromatic heterocycles. The Kier molecular flexibility index (Phi) is 3.69. The van der Waals surface area contributed by atoms with Crippen molar-refractivity contribution in [3.8, 4) is 0 Å². The van der Waals surface area contributed by atoms with Crippen LogP contribution in [0.5, 0.6) is 0 Å². The van der Waals surface area contributed by atoms with Crippen LogP contribution in [0.15, 0.2) is 30.3 Å². The van der Waals surface area contributed by atoms with Crippen LogP contribution < -0.4 is 5.32 Å². The molecule has 1 amide bonds. The molecule has 2 N–H and O–H groups in total. The minimum atomic E-state index is -0.735. The minimum Gasteiger partial charge on any atom is -0.481 e. The van der Waals surface area contributed by atoms with Crippen LogP contribution in [0.2, 0.25) is 0 Å². The second kappa shape index (κ2) is 5.26. The van der Waals surface area contributed by atoms with Gasteiger partial charge in [0.1, 0.15) is 0 Å². The van der Waals surface area contributed by atoms with Crippen molar-refractivity contribution < 1.29 is 14.7 Å². The molecule has 1 saturated carbocycles. The lowest BCUT2D eigenvalue weighted by Crippen LogP contribution is -2.19. The third-order valence-electron chi connectivity index (χ3n) is 3.40. The van der Waals surface area contributed by atoms with Gasteiger partial charge in [0.25, 0.3) is 0 Å². The normalized spacial score (nSPS) is 16.3. The molecular formula is C15H17NO3. The molecule has 1 aromatic rings. The Morgan fingerprint density at radius 2 is 1.95 bits per heavy atom. The van der Waals surface area contributed by atoms with Crippen molar-refractivity contribution in [1.29, 1.82) is 0 Å². The van der Waals surface area contributed by atoms with E-state index in [4.69, 9.17) is 0 Å². The molecule has 0 saturated heterocycles. The van der Waals surface area contributed by atoms with Crippen LogP contribution >= 0.6 is 0 Å². The number of nitrogens with one attached hydrogen (secondary N) is 1. The molecule has 4 heteroatoms. The molecule has 100 valence electrons. The van der Waals surface area contributed by atoms with Gasteiger partial charge in [0.2, 0.25) is 5.91 Å². The maximum atomic E-state index is 11.2. The number of carbonyl (C=O) groups is 2. The Morgan fingerprint density at radius 3 is 2.42 bits per heavy atom. The van der Waals surface area contributed by atoms with E-state index in [1.807, 2.05) is 36.4 Å². The third-order valence-corrected chi connectivity index (χ3v) is 3.40. The number of hydrogen-bond donors (Lipinski definition) is 2. The Bertz CT molecular complexity index is 513. The summed E-state index contributed by atoms with van der Waals surface area (Å²) in [6.45, 7) is 1.97. The van der Waals surface area contributed by atoms with Gasteiger partial charge >= 0.3 is 5.97 Å². The second-order valence-electron chi connectivity index (χ2n) is 4.85. The molecule has 0 bridgehead atoms. The second-order valence-corrected chi connectivity index (χ2v) is 4.85. The average molecular weight is 259 g/mol. The molecule has 0 atom stereocenters. The fourth-order valence-electron chi connectivity index (χ4n) is 2.06. The highest BCUT2D eigenvalue weighted by Gasteiger charge is 2.51. The van der Waals surface area contributed by atoms with E-state index in [1.165, 1.54) is 6.92 Å².